The van der Waals surface area contributed by atoms with Crippen LogP contribution in [0.2, 0.25) is 0 Å². The number of hydrogen-bond acceptors (Lipinski definition) is 6. The molecule has 8 nitrogen and oxygen atoms in total. The topological polar surface area (TPSA) is 116 Å². The summed E-state index contributed by atoms with van der Waals surface area (Å²) in [4.78, 5) is 22.9. The van der Waals surface area contributed by atoms with Crippen LogP contribution in [-0.2, 0) is 14.8 Å². The molecule has 0 bridgehead atoms. The zero-order valence-electron chi connectivity index (χ0n) is 18.7. The second-order valence-electron chi connectivity index (χ2n) is 8.00. The molecule has 0 aromatic heterocycles. The normalized spacial score (nSPS) is 12.3. The van der Waals surface area contributed by atoms with Gasteiger partial charge in [0.2, 0.25) is 10.0 Å². The molecule has 35 heavy (non-hydrogen) atoms. The van der Waals surface area contributed by atoms with Crippen LogP contribution in [-0.4, -0.2) is 25.9 Å². The van der Waals surface area contributed by atoms with Crippen LogP contribution >= 0.6 is 0 Å². The molecule has 1 atom stereocenters. The molecule has 1 N–H and O–H groups in total. The van der Waals surface area contributed by atoms with E-state index in [-0.39, 0.29) is 22.8 Å². The third-order valence-corrected chi connectivity index (χ3v) is 6.99. The Bertz CT molecular complexity index is 1480. The Morgan fingerprint density at radius 1 is 0.943 bits per heavy atom. The van der Waals surface area contributed by atoms with Crippen LogP contribution in [0.4, 0.5) is 5.69 Å². The maximum absolute atomic E-state index is 13.1. The first-order chi connectivity index (χ1) is 16.7. The highest BCUT2D eigenvalue weighted by Gasteiger charge is 2.24. The summed E-state index contributed by atoms with van der Waals surface area (Å²) in [6.07, 6.45) is 0. The summed E-state index contributed by atoms with van der Waals surface area (Å²) < 4.78 is 34.3. The van der Waals surface area contributed by atoms with Crippen molar-refractivity contribution >= 4 is 32.5 Å². The molecule has 0 fully saturated rings. The number of rotatable bonds is 8. The highest BCUT2D eigenvalue weighted by molar-refractivity contribution is 7.89. The number of non-ortho nitro benzene ring substituents is 1. The molecular weight excluding hydrogens is 468 g/mol. The van der Waals surface area contributed by atoms with E-state index in [0.717, 1.165) is 16.3 Å². The van der Waals surface area contributed by atoms with Crippen molar-refractivity contribution in [2.45, 2.75) is 17.9 Å². The standard InChI is InChI=1S/C26H22N2O6S/c1-18-6-14-24(15-7-18)35(32,33)27-25(22-9-8-19-4-2-3-5-21(19)16-22)17-34-26(29)20-10-12-23(13-11-20)28(30)31/h2-16,25,27H,17H2,1H3. The number of nitro benzene ring substituents is 1. The van der Waals surface area contributed by atoms with Crippen LogP contribution in [0.15, 0.2) is 95.9 Å². The highest BCUT2D eigenvalue weighted by atomic mass is 32.2. The fourth-order valence-electron chi connectivity index (χ4n) is 3.56. The Morgan fingerprint density at radius 3 is 2.26 bits per heavy atom. The number of fused-ring (bicyclic) bond motifs is 1. The maximum atomic E-state index is 13.1. The number of carbonyl (C=O) groups is 1. The van der Waals surface area contributed by atoms with Gasteiger partial charge in [0.25, 0.3) is 5.69 Å². The Hall–Kier alpha value is -4.08. The molecule has 0 radical (unpaired) electrons. The van der Waals surface area contributed by atoms with Gasteiger partial charge in [0, 0.05) is 12.1 Å². The number of ether oxygens (including phenoxy) is 1. The second kappa shape index (κ2) is 10.0. The van der Waals surface area contributed by atoms with E-state index >= 15 is 0 Å². The van der Waals surface area contributed by atoms with Gasteiger partial charge in [-0.15, -0.1) is 0 Å². The average molecular weight is 491 g/mol. The van der Waals surface area contributed by atoms with Gasteiger partial charge in [-0.1, -0.05) is 54.1 Å². The molecule has 0 saturated carbocycles. The molecule has 0 aliphatic rings. The molecule has 4 rings (SSSR count). The number of sulfonamides is 1. The number of hydrogen-bond donors (Lipinski definition) is 1. The summed E-state index contributed by atoms with van der Waals surface area (Å²) in [6.45, 7) is 1.58. The summed E-state index contributed by atoms with van der Waals surface area (Å²) in [5.41, 5.74) is 1.51. The van der Waals surface area contributed by atoms with Crippen molar-refractivity contribution in [3.63, 3.8) is 0 Å². The van der Waals surface area contributed by atoms with Crippen LogP contribution in [0.1, 0.15) is 27.5 Å². The lowest BCUT2D eigenvalue weighted by Gasteiger charge is -2.20. The molecule has 0 spiro atoms. The van der Waals surface area contributed by atoms with Crippen molar-refractivity contribution in [1.82, 2.24) is 4.72 Å². The summed E-state index contributed by atoms with van der Waals surface area (Å²) in [5, 5.41) is 12.7. The average Bonchev–Trinajstić information content (AvgIpc) is 2.86. The lowest BCUT2D eigenvalue weighted by Crippen LogP contribution is -2.32. The predicted molar refractivity (Wildman–Crippen MR) is 132 cm³/mol. The second-order valence-corrected chi connectivity index (χ2v) is 9.71. The third-order valence-electron chi connectivity index (χ3n) is 5.50. The van der Waals surface area contributed by atoms with Gasteiger partial charge in [0.15, 0.2) is 0 Å². The molecule has 0 aliphatic carbocycles. The van der Waals surface area contributed by atoms with E-state index in [4.69, 9.17) is 4.74 Å². The number of aryl methyl sites for hydroxylation is 1. The van der Waals surface area contributed by atoms with Crippen molar-refractivity contribution in [2.75, 3.05) is 6.61 Å². The SMILES string of the molecule is Cc1ccc(S(=O)(=O)NC(COC(=O)c2ccc([N+](=O)[O-])cc2)c2ccc3ccccc3c2)cc1. The maximum Gasteiger partial charge on any atom is 0.338 e. The molecule has 1 unspecified atom stereocenters. The van der Waals surface area contributed by atoms with Gasteiger partial charge in [-0.3, -0.25) is 10.1 Å². The predicted octanol–water partition coefficient (Wildman–Crippen LogP) is 4.93. The number of nitro groups is 1. The fraction of sp³-hybridized carbons (Fsp3) is 0.115. The van der Waals surface area contributed by atoms with Crippen LogP contribution in [0.3, 0.4) is 0 Å². The zero-order chi connectivity index (χ0) is 25.0. The number of esters is 1. The zero-order valence-corrected chi connectivity index (χ0v) is 19.6. The molecule has 178 valence electrons. The molecule has 4 aromatic carbocycles. The van der Waals surface area contributed by atoms with E-state index in [2.05, 4.69) is 4.72 Å². The summed E-state index contributed by atoms with van der Waals surface area (Å²) in [5.74, 6) is -0.722. The first kappa shape index (κ1) is 24.1. The number of benzene rings is 4. The summed E-state index contributed by atoms with van der Waals surface area (Å²) in [6, 6.07) is 23.7. The van der Waals surface area contributed by atoms with Gasteiger partial charge in [0.1, 0.15) is 6.61 Å². The first-order valence-electron chi connectivity index (χ1n) is 10.7. The smallest absolute Gasteiger partial charge is 0.338 e. The van der Waals surface area contributed by atoms with Gasteiger partial charge in [0.05, 0.1) is 21.4 Å². The minimum atomic E-state index is -3.92. The molecule has 0 amide bonds. The van der Waals surface area contributed by atoms with E-state index < -0.39 is 27.0 Å². The van der Waals surface area contributed by atoms with Crippen LogP contribution in [0, 0.1) is 17.0 Å². The summed E-state index contributed by atoms with van der Waals surface area (Å²) in [7, 11) is -3.92. The van der Waals surface area contributed by atoms with Gasteiger partial charge in [-0.2, -0.15) is 0 Å². The Morgan fingerprint density at radius 2 is 1.60 bits per heavy atom. The molecular formula is C26H22N2O6S. The van der Waals surface area contributed by atoms with Crippen molar-refractivity contribution < 1.29 is 22.9 Å². The van der Waals surface area contributed by atoms with Crippen molar-refractivity contribution in [3.05, 3.63) is 118 Å². The largest absolute Gasteiger partial charge is 0.460 e. The molecule has 0 heterocycles. The minimum Gasteiger partial charge on any atom is -0.460 e. The van der Waals surface area contributed by atoms with Crippen LogP contribution in [0.25, 0.3) is 10.8 Å². The van der Waals surface area contributed by atoms with E-state index in [1.807, 2.05) is 43.3 Å². The number of nitrogens with one attached hydrogen (secondary N) is 1. The number of nitrogens with zero attached hydrogens (tertiary/aromatic N) is 1. The minimum absolute atomic E-state index is 0.0931. The Kier molecular flexibility index (Phi) is 6.90. The fourth-order valence-corrected chi connectivity index (χ4v) is 4.77. The van der Waals surface area contributed by atoms with Crippen molar-refractivity contribution in [1.29, 1.82) is 0 Å². The molecule has 0 saturated heterocycles. The Balaban J connectivity index is 1.60. The van der Waals surface area contributed by atoms with Gasteiger partial charge >= 0.3 is 5.97 Å². The van der Waals surface area contributed by atoms with Gasteiger partial charge in [-0.05, 0) is 53.6 Å². The monoisotopic (exact) mass is 490 g/mol. The first-order valence-corrected chi connectivity index (χ1v) is 12.2. The molecule has 4 aromatic rings. The molecule has 0 aliphatic heterocycles. The quantitative estimate of drug-likeness (QED) is 0.213. The van der Waals surface area contributed by atoms with E-state index in [9.17, 15) is 23.3 Å². The third kappa shape index (κ3) is 5.71. The van der Waals surface area contributed by atoms with Crippen molar-refractivity contribution in [2.24, 2.45) is 0 Å². The van der Waals surface area contributed by atoms with E-state index in [1.165, 1.54) is 36.4 Å². The number of carbonyl (C=O) groups excluding carboxylic acids is 1. The van der Waals surface area contributed by atoms with Gasteiger partial charge < -0.3 is 4.74 Å². The van der Waals surface area contributed by atoms with Crippen LogP contribution < -0.4 is 4.72 Å². The van der Waals surface area contributed by atoms with Crippen LogP contribution in [0.5, 0.6) is 0 Å². The molecule has 9 heteroatoms. The van der Waals surface area contributed by atoms with E-state index in [1.54, 1.807) is 18.2 Å². The Labute approximate surface area is 202 Å². The van der Waals surface area contributed by atoms with Crippen molar-refractivity contribution in [3.8, 4) is 0 Å². The van der Waals surface area contributed by atoms with E-state index in [0.29, 0.717) is 5.56 Å². The highest BCUT2D eigenvalue weighted by Crippen LogP contribution is 2.24. The van der Waals surface area contributed by atoms with Gasteiger partial charge in [-0.25, -0.2) is 17.9 Å². The summed E-state index contributed by atoms with van der Waals surface area (Å²) >= 11 is 0. The lowest BCUT2D eigenvalue weighted by atomic mass is 10.0. The lowest BCUT2D eigenvalue weighted by molar-refractivity contribution is -0.384.